The Morgan fingerprint density at radius 1 is 1.33 bits per heavy atom. The number of hydrogen-bond donors (Lipinski definition) is 1. The molecule has 2 aromatic heterocycles. The van der Waals surface area contributed by atoms with Crippen molar-refractivity contribution in [2.75, 3.05) is 0 Å². The molecule has 1 amide bonds. The summed E-state index contributed by atoms with van der Waals surface area (Å²) in [5.74, 6) is 0.291. The molecule has 0 atom stereocenters. The van der Waals surface area contributed by atoms with E-state index in [4.69, 9.17) is 0 Å². The summed E-state index contributed by atoms with van der Waals surface area (Å²) >= 11 is 0. The third-order valence-corrected chi connectivity index (χ3v) is 2.84. The molecule has 2 aromatic rings. The number of nitrogens with zero attached hydrogens (tertiary/aromatic N) is 3. The number of fused-ring (bicyclic) bond motifs is 1. The van der Waals surface area contributed by atoms with Crippen molar-refractivity contribution in [2.24, 2.45) is 5.92 Å². The zero-order chi connectivity index (χ0) is 15.6. The summed E-state index contributed by atoms with van der Waals surface area (Å²) in [5, 5.41) is 10.2. The summed E-state index contributed by atoms with van der Waals surface area (Å²) in [5.41, 5.74) is -0.485. The number of nitrogens with one attached hydrogen (secondary N) is 1. The number of aromatic nitrogens is 3. The van der Waals surface area contributed by atoms with E-state index in [1.165, 1.54) is 10.5 Å². The fourth-order valence-corrected chi connectivity index (χ4v) is 1.85. The van der Waals surface area contributed by atoms with Crippen molar-refractivity contribution in [2.45, 2.75) is 33.0 Å². The number of rotatable bonds is 4. The van der Waals surface area contributed by atoms with Crippen LogP contribution in [0.25, 0.3) is 5.65 Å². The van der Waals surface area contributed by atoms with Gasteiger partial charge in [-0.1, -0.05) is 13.8 Å². The maximum absolute atomic E-state index is 12.7. The van der Waals surface area contributed by atoms with Crippen molar-refractivity contribution in [3.8, 4) is 0 Å². The molecule has 0 bridgehead atoms. The molecular formula is C13H15F3N4O. The average molecular weight is 300 g/mol. The zero-order valence-electron chi connectivity index (χ0n) is 11.6. The molecule has 0 fully saturated rings. The van der Waals surface area contributed by atoms with Gasteiger partial charge in [-0.15, -0.1) is 10.2 Å². The molecule has 0 aliphatic rings. The number of carbonyl (C=O) groups is 1. The minimum absolute atomic E-state index is 0.0357. The van der Waals surface area contributed by atoms with Gasteiger partial charge in [0.15, 0.2) is 11.5 Å². The first kappa shape index (κ1) is 15.3. The number of alkyl halides is 3. The third-order valence-electron chi connectivity index (χ3n) is 2.84. The highest BCUT2D eigenvalue weighted by atomic mass is 19.4. The van der Waals surface area contributed by atoms with Crippen molar-refractivity contribution < 1.29 is 18.0 Å². The van der Waals surface area contributed by atoms with Gasteiger partial charge >= 0.3 is 6.18 Å². The van der Waals surface area contributed by atoms with E-state index in [1.54, 1.807) is 0 Å². The second-order valence-electron chi connectivity index (χ2n) is 5.13. The van der Waals surface area contributed by atoms with E-state index >= 15 is 0 Å². The van der Waals surface area contributed by atoms with Crippen molar-refractivity contribution in [3.63, 3.8) is 0 Å². The first-order valence-corrected chi connectivity index (χ1v) is 6.45. The van der Waals surface area contributed by atoms with Gasteiger partial charge in [0.1, 0.15) is 0 Å². The molecule has 0 saturated carbocycles. The molecule has 2 rings (SSSR count). The molecule has 0 saturated heterocycles. The SMILES string of the molecule is CC(C)CC(=O)NCc1nnc2ccc(C(F)(F)F)cn12. The van der Waals surface area contributed by atoms with Crippen LogP contribution in [0.5, 0.6) is 0 Å². The minimum atomic E-state index is -4.43. The molecule has 0 radical (unpaired) electrons. The third kappa shape index (κ3) is 3.71. The molecule has 1 N–H and O–H groups in total. The lowest BCUT2D eigenvalue weighted by molar-refractivity contribution is -0.137. The standard InChI is InChI=1S/C13H15F3N4O/c1-8(2)5-12(21)17-6-11-19-18-10-4-3-9(7-20(10)11)13(14,15)16/h3-4,7-8H,5-6H2,1-2H3,(H,17,21). The first-order chi connectivity index (χ1) is 9.77. The van der Waals surface area contributed by atoms with Crippen LogP contribution in [0.4, 0.5) is 13.2 Å². The summed E-state index contributed by atoms with van der Waals surface area (Å²) in [6, 6.07) is 2.19. The smallest absolute Gasteiger partial charge is 0.349 e. The topological polar surface area (TPSA) is 59.3 Å². The van der Waals surface area contributed by atoms with E-state index < -0.39 is 11.7 Å². The molecular weight excluding hydrogens is 285 g/mol. The Hall–Kier alpha value is -2.12. The average Bonchev–Trinajstić information content (AvgIpc) is 2.76. The van der Waals surface area contributed by atoms with Gasteiger partial charge in [0.2, 0.25) is 5.91 Å². The van der Waals surface area contributed by atoms with Gasteiger partial charge in [-0.2, -0.15) is 13.2 Å². The lowest BCUT2D eigenvalue weighted by atomic mass is 10.1. The van der Waals surface area contributed by atoms with E-state index in [2.05, 4.69) is 15.5 Å². The largest absolute Gasteiger partial charge is 0.417 e. The van der Waals surface area contributed by atoms with Crippen LogP contribution >= 0.6 is 0 Å². The van der Waals surface area contributed by atoms with Crippen LogP contribution in [-0.4, -0.2) is 20.5 Å². The van der Waals surface area contributed by atoms with Gasteiger partial charge in [-0.3, -0.25) is 9.20 Å². The summed E-state index contributed by atoms with van der Waals surface area (Å²) in [7, 11) is 0. The Bertz CT molecular complexity index is 648. The number of carbonyl (C=O) groups excluding carboxylic acids is 1. The number of hydrogen-bond acceptors (Lipinski definition) is 3. The highest BCUT2D eigenvalue weighted by molar-refractivity contribution is 5.75. The van der Waals surface area contributed by atoms with E-state index in [1.807, 2.05) is 13.8 Å². The van der Waals surface area contributed by atoms with Crippen molar-refractivity contribution >= 4 is 11.6 Å². The number of halogens is 3. The monoisotopic (exact) mass is 300 g/mol. The van der Waals surface area contributed by atoms with Gasteiger partial charge < -0.3 is 5.32 Å². The Balaban J connectivity index is 2.19. The summed E-state index contributed by atoms with van der Waals surface area (Å²) in [4.78, 5) is 11.6. The molecule has 0 unspecified atom stereocenters. The van der Waals surface area contributed by atoms with Crippen LogP contribution in [0, 0.1) is 5.92 Å². The fourth-order valence-electron chi connectivity index (χ4n) is 1.85. The predicted octanol–water partition coefficient (Wildman–Crippen LogP) is 2.41. The minimum Gasteiger partial charge on any atom is -0.349 e. The summed E-state index contributed by atoms with van der Waals surface area (Å²) in [6.45, 7) is 3.84. The number of amides is 1. The molecule has 0 aliphatic heterocycles. The lowest BCUT2D eigenvalue weighted by Gasteiger charge is -2.08. The predicted molar refractivity (Wildman–Crippen MR) is 69.3 cm³/mol. The summed E-state index contributed by atoms with van der Waals surface area (Å²) < 4.78 is 39.3. The van der Waals surface area contributed by atoms with Gasteiger partial charge in [0.05, 0.1) is 12.1 Å². The zero-order valence-corrected chi connectivity index (χ0v) is 11.6. The molecule has 21 heavy (non-hydrogen) atoms. The molecule has 8 heteroatoms. The highest BCUT2D eigenvalue weighted by Gasteiger charge is 2.31. The maximum atomic E-state index is 12.7. The van der Waals surface area contributed by atoms with Crippen molar-refractivity contribution in [1.29, 1.82) is 0 Å². The second kappa shape index (κ2) is 5.71. The highest BCUT2D eigenvalue weighted by Crippen LogP contribution is 2.29. The van der Waals surface area contributed by atoms with Crippen LogP contribution in [0.2, 0.25) is 0 Å². The fraction of sp³-hybridized carbons (Fsp3) is 0.462. The second-order valence-corrected chi connectivity index (χ2v) is 5.13. The Morgan fingerprint density at radius 2 is 2.05 bits per heavy atom. The Kier molecular flexibility index (Phi) is 4.15. The van der Waals surface area contributed by atoms with E-state index in [9.17, 15) is 18.0 Å². The van der Waals surface area contributed by atoms with Gasteiger partial charge in [-0.25, -0.2) is 0 Å². The van der Waals surface area contributed by atoms with Crippen LogP contribution in [-0.2, 0) is 17.5 Å². The van der Waals surface area contributed by atoms with E-state index in [-0.39, 0.29) is 24.2 Å². The Morgan fingerprint density at radius 3 is 2.67 bits per heavy atom. The molecule has 114 valence electrons. The number of pyridine rings is 1. The molecule has 2 heterocycles. The van der Waals surface area contributed by atoms with E-state index in [0.717, 1.165) is 12.3 Å². The molecule has 0 aliphatic carbocycles. The maximum Gasteiger partial charge on any atom is 0.417 e. The van der Waals surface area contributed by atoms with Crippen LogP contribution in [0.15, 0.2) is 18.3 Å². The lowest BCUT2D eigenvalue weighted by Crippen LogP contribution is -2.25. The normalized spacial score (nSPS) is 12.1. The van der Waals surface area contributed by atoms with Gasteiger partial charge in [0, 0.05) is 12.6 Å². The van der Waals surface area contributed by atoms with Gasteiger partial charge in [0.25, 0.3) is 0 Å². The van der Waals surface area contributed by atoms with Crippen LogP contribution in [0.1, 0.15) is 31.7 Å². The summed E-state index contributed by atoms with van der Waals surface area (Å²) in [6.07, 6.45) is -3.15. The Labute approximate surface area is 119 Å². The van der Waals surface area contributed by atoms with Crippen LogP contribution < -0.4 is 5.32 Å². The van der Waals surface area contributed by atoms with Crippen molar-refractivity contribution in [1.82, 2.24) is 19.9 Å². The first-order valence-electron chi connectivity index (χ1n) is 6.45. The quantitative estimate of drug-likeness (QED) is 0.943. The van der Waals surface area contributed by atoms with Gasteiger partial charge in [-0.05, 0) is 18.1 Å². The van der Waals surface area contributed by atoms with Crippen molar-refractivity contribution in [3.05, 3.63) is 29.7 Å². The molecule has 0 spiro atoms. The van der Waals surface area contributed by atoms with Crippen LogP contribution in [0.3, 0.4) is 0 Å². The molecule has 5 nitrogen and oxygen atoms in total. The van der Waals surface area contributed by atoms with E-state index in [0.29, 0.717) is 12.1 Å². The molecule has 0 aromatic carbocycles.